The van der Waals surface area contributed by atoms with Gasteiger partial charge in [0, 0.05) is 32.9 Å². The van der Waals surface area contributed by atoms with Crippen molar-refractivity contribution in [1.82, 2.24) is 14.7 Å². The second kappa shape index (κ2) is 9.22. The van der Waals surface area contributed by atoms with Crippen molar-refractivity contribution >= 4 is 29.1 Å². The van der Waals surface area contributed by atoms with Gasteiger partial charge in [-0.2, -0.15) is 5.10 Å². The van der Waals surface area contributed by atoms with Crippen molar-refractivity contribution in [2.75, 3.05) is 24.3 Å². The van der Waals surface area contributed by atoms with Gasteiger partial charge in [-0.15, -0.1) is 0 Å². The van der Waals surface area contributed by atoms with Gasteiger partial charge in [0.05, 0.1) is 35.5 Å². The zero-order valence-corrected chi connectivity index (χ0v) is 19.3. The average molecular weight is 456 g/mol. The molecule has 33 heavy (non-hydrogen) atoms. The van der Waals surface area contributed by atoms with Crippen molar-refractivity contribution in [2.45, 2.75) is 51.4 Å². The van der Waals surface area contributed by atoms with Crippen LogP contribution in [0.3, 0.4) is 0 Å². The Kier molecular flexibility index (Phi) is 6.37. The van der Waals surface area contributed by atoms with Crippen LogP contribution in [0.1, 0.15) is 42.2 Å². The Morgan fingerprint density at radius 2 is 2.00 bits per heavy atom. The summed E-state index contributed by atoms with van der Waals surface area (Å²) in [7, 11) is 3.56. The van der Waals surface area contributed by atoms with Gasteiger partial charge < -0.3 is 25.0 Å². The summed E-state index contributed by atoms with van der Waals surface area (Å²) in [5.41, 5.74) is 2.38. The van der Waals surface area contributed by atoms with Crippen LogP contribution in [-0.4, -0.2) is 64.3 Å². The summed E-state index contributed by atoms with van der Waals surface area (Å²) in [6.45, 7) is 3.52. The van der Waals surface area contributed by atoms with Gasteiger partial charge in [-0.25, -0.2) is 0 Å². The first-order chi connectivity index (χ1) is 15.7. The maximum absolute atomic E-state index is 13.2. The van der Waals surface area contributed by atoms with E-state index in [1.807, 2.05) is 6.92 Å². The van der Waals surface area contributed by atoms with E-state index in [1.54, 1.807) is 48.1 Å². The van der Waals surface area contributed by atoms with Gasteiger partial charge >= 0.3 is 0 Å². The predicted octanol–water partition coefficient (Wildman–Crippen LogP) is 2.10. The molecule has 1 aromatic carbocycles. The molecule has 0 spiro atoms. The van der Waals surface area contributed by atoms with Gasteiger partial charge in [-0.3, -0.25) is 19.1 Å². The van der Waals surface area contributed by atoms with E-state index in [-0.39, 0.29) is 49.0 Å². The van der Waals surface area contributed by atoms with Crippen LogP contribution in [0.15, 0.2) is 24.4 Å². The molecule has 2 aliphatic rings. The van der Waals surface area contributed by atoms with Crippen molar-refractivity contribution in [3.05, 3.63) is 35.7 Å². The fraction of sp³-hybridized carbons (Fsp3) is 0.478. The van der Waals surface area contributed by atoms with E-state index in [1.165, 1.54) is 6.92 Å². The summed E-state index contributed by atoms with van der Waals surface area (Å²) in [5.74, 6) is -0.104. The lowest BCUT2D eigenvalue weighted by Crippen LogP contribution is -2.53. The Hall–Kier alpha value is -3.40. The van der Waals surface area contributed by atoms with Crippen molar-refractivity contribution in [1.29, 1.82) is 0 Å². The molecule has 3 amide bonds. The molecule has 176 valence electrons. The molecule has 0 aliphatic carbocycles. The number of ether oxygens (including phenoxy) is 2. The Labute approximate surface area is 192 Å². The highest BCUT2D eigenvalue weighted by Gasteiger charge is 2.39. The first-order valence-corrected chi connectivity index (χ1v) is 11.0. The second-order valence-electron chi connectivity index (χ2n) is 8.61. The molecule has 2 aliphatic heterocycles. The quantitative estimate of drug-likeness (QED) is 0.730. The standard InChI is InChI=1S/C23H29N5O5/c1-13-18(11-27(3)26-13)25-22(30)10-16-6-7-19-21(33-16)12-32-20-8-5-15(24-14(2)29)9-17(20)23(31)28(19)4/h5,8-9,11,16,19,21H,6-7,10,12H2,1-4H3,(H,24,29)(H,25,30)/t16-,19-,21-/m0/s1. The Morgan fingerprint density at radius 1 is 1.21 bits per heavy atom. The molecule has 10 nitrogen and oxygen atoms in total. The maximum Gasteiger partial charge on any atom is 0.257 e. The van der Waals surface area contributed by atoms with Crippen LogP contribution in [-0.2, 0) is 21.4 Å². The van der Waals surface area contributed by atoms with Gasteiger partial charge in [0.2, 0.25) is 11.8 Å². The summed E-state index contributed by atoms with van der Waals surface area (Å²) < 4.78 is 13.8. The number of amides is 3. The van der Waals surface area contributed by atoms with E-state index in [0.29, 0.717) is 35.5 Å². The molecule has 1 fully saturated rings. The first kappa shape index (κ1) is 22.8. The minimum absolute atomic E-state index is 0.137. The average Bonchev–Trinajstić information content (AvgIpc) is 3.07. The summed E-state index contributed by atoms with van der Waals surface area (Å²) >= 11 is 0. The number of hydrogen-bond acceptors (Lipinski definition) is 6. The molecule has 0 radical (unpaired) electrons. The van der Waals surface area contributed by atoms with Crippen LogP contribution < -0.4 is 15.4 Å². The molecule has 2 aromatic rings. The smallest absolute Gasteiger partial charge is 0.257 e. The molecular formula is C23H29N5O5. The number of benzene rings is 1. The minimum atomic E-state index is -0.353. The fourth-order valence-electron chi connectivity index (χ4n) is 4.44. The second-order valence-corrected chi connectivity index (χ2v) is 8.61. The highest BCUT2D eigenvalue weighted by molar-refractivity contribution is 5.99. The van der Waals surface area contributed by atoms with Crippen LogP contribution in [0.25, 0.3) is 0 Å². The third-order valence-corrected chi connectivity index (χ3v) is 6.03. The highest BCUT2D eigenvalue weighted by Crippen LogP contribution is 2.32. The number of aromatic nitrogens is 2. The van der Waals surface area contributed by atoms with Gasteiger partial charge in [0.25, 0.3) is 5.91 Å². The lowest BCUT2D eigenvalue weighted by Gasteiger charge is -2.42. The van der Waals surface area contributed by atoms with Gasteiger partial charge in [0.1, 0.15) is 18.5 Å². The van der Waals surface area contributed by atoms with Crippen LogP contribution >= 0.6 is 0 Å². The Morgan fingerprint density at radius 3 is 2.70 bits per heavy atom. The number of aryl methyl sites for hydroxylation is 2. The Balaban J connectivity index is 1.44. The van der Waals surface area contributed by atoms with Gasteiger partial charge in [0.15, 0.2) is 0 Å². The van der Waals surface area contributed by atoms with Gasteiger partial charge in [-0.05, 0) is 38.0 Å². The summed E-state index contributed by atoms with van der Waals surface area (Å²) in [6.07, 6.45) is 2.71. The number of nitrogens with one attached hydrogen (secondary N) is 2. The molecule has 1 saturated heterocycles. The Bertz CT molecular complexity index is 1080. The van der Waals surface area contributed by atoms with Crippen molar-refractivity contribution < 1.29 is 23.9 Å². The molecule has 10 heteroatoms. The summed E-state index contributed by atoms with van der Waals surface area (Å²) in [5, 5.41) is 9.82. The molecular weight excluding hydrogens is 426 g/mol. The topological polar surface area (TPSA) is 115 Å². The molecule has 0 unspecified atom stereocenters. The highest BCUT2D eigenvalue weighted by atomic mass is 16.5. The lowest BCUT2D eigenvalue weighted by atomic mass is 9.94. The van der Waals surface area contributed by atoms with Crippen molar-refractivity contribution in [2.24, 2.45) is 7.05 Å². The monoisotopic (exact) mass is 455 g/mol. The molecule has 3 heterocycles. The third-order valence-electron chi connectivity index (χ3n) is 6.03. The third kappa shape index (κ3) is 5.00. The summed E-state index contributed by atoms with van der Waals surface area (Å²) in [6, 6.07) is 4.83. The van der Waals surface area contributed by atoms with E-state index in [4.69, 9.17) is 9.47 Å². The number of likely N-dealkylation sites (N-methyl/N-ethyl adjacent to an activating group) is 1. The normalized spacial score (nSPS) is 22.4. The number of carbonyl (C=O) groups is 3. The fourth-order valence-corrected chi connectivity index (χ4v) is 4.44. The molecule has 4 rings (SSSR count). The summed E-state index contributed by atoms with van der Waals surface area (Å²) in [4.78, 5) is 38.8. The van der Waals surface area contributed by atoms with E-state index >= 15 is 0 Å². The molecule has 1 aromatic heterocycles. The molecule has 2 N–H and O–H groups in total. The van der Waals surface area contributed by atoms with Crippen molar-refractivity contribution in [3.63, 3.8) is 0 Å². The van der Waals surface area contributed by atoms with Gasteiger partial charge in [-0.1, -0.05) is 0 Å². The molecule has 0 bridgehead atoms. The largest absolute Gasteiger partial charge is 0.490 e. The van der Waals surface area contributed by atoms with Crippen LogP contribution in [0, 0.1) is 6.92 Å². The molecule has 0 saturated carbocycles. The first-order valence-electron chi connectivity index (χ1n) is 11.0. The lowest BCUT2D eigenvalue weighted by molar-refractivity contribution is -0.130. The number of rotatable bonds is 4. The molecule has 3 atom stereocenters. The van der Waals surface area contributed by atoms with Crippen molar-refractivity contribution in [3.8, 4) is 5.75 Å². The number of carbonyl (C=O) groups excluding carboxylic acids is 3. The van der Waals surface area contributed by atoms with Crippen LogP contribution in [0.4, 0.5) is 11.4 Å². The van der Waals surface area contributed by atoms with Crippen LogP contribution in [0.5, 0.6) is 5.75 Å². The van der Waals surface area contributed by atoms with Crippen LogP contribution in [0.2, 0.25) is 0 Å². The SMILES string of the molecule is CC(=O)Nc1ccc2c(c1)C(=O)N(C)[C@H]1CC[C@@H](CC(=O)Nc3cn(C)nc3C)O[C@H]1CO2. The number of fused-ring (bicyclic) bond motifs is 2. The minimum Gasteiger partial charge on any atom is -0.490 e. The van der Waals surface area contributed by atoms with E-state index in [0.717, 1.165) is 5.69 Å². The zero-order valence-electron chi connectivity index (χ0n) is 19.3. The predicted molar refractivity (Wildman–Crippen MR) is 121 cm³/mol. The zero-order chi connectivity index (χ0) is 23.7. The van der Waals surface area contributed by atoms with E-state index in [2.05, 4.69) is 15.7 Å². The van der Waals surface area contributed by atoms with E-state index in [9.17, 15) is 14.4 Å². The maximum atomic E-state index is 13.2. The van der Waals surface area contributed by atoms with E-state index < -0.39 is 0 Å². The number of hydrogen-bond donors (Lipinski definition) is 2. The number of nitrogens with zero attached hydrogens (tertiary/aromatic N) is 3. The number of anilines is 2.